The van der Waals surface area contributed by atoms with Crippen molar-refractivity contribution in [3.05, 3.63) is 74.3 Å². The van der Waals surface area contributed by atoms with Gasteiger partial charge in [-0.2, -0.15) is 0 Å². The van der Waals surface area contributed by atoms with Crippen LogP contribution in [0.3, 0.4) is 0 Å². The van der Waals surface area contributed by atoms with Crippen molar-refractivity contribution in [3.63, 3.8) is 0 Å². The molecular weight excluding hydrogens is 646 g/mol. The van der Waals surface area contributed by atoms with Crippen LogP contribution in [0.1, 0.15) is 70.5 Å². The third kappa shape index (κ3) is 4.72. The number of piperidine rings is 1. The van der Waals surface area contributed by atoms with Crippen molar-refractivity contribution in [3.8, 4) is 0 Å². The average molecular weight is 684 g/mol. The lowest BCUT2D eigenvalue weighted by Crippen LogP contribution is -2.62. The molecule has 12 heteroatoms. The minimum atomic E-state index is -0.861. The Morgan fingerprint density at radius 1 is 1.15 bits per heavy atom. The Morgan fingerprint density at radius 2 is 1.93 bits per heavy atom. The number of hydrogen-bond donors (Lipinski definition) is 1. The highest BCUT2D eigenvalue weighted by molar-refractivity contribution is 8.18. The zero-order valence-corrected chi connectivity index (χ0v) is 28.6. The highest BCUT2D eigenvalue weighted by atomic mass is 35.5. The van der Waals surface area contributed by atoms with Crippen LogP contribution < -0.4 is 5.32 Å². The predicted molar refractivity (Wildman–Crippen MR) is 178 cm³/mol. The molecule has 6 aliphatic rings. The molecule has 8 rings (SSSR count). The normalized spacial score (nSPS) is 32.3. The first-order valence-corrected chi connectivity index (χ1v) is 17.7. The number of benzene rings is 1. The molecule has 5 heterocycles. The van der Waals surface area contributed by atoms with Crippen LogP contribution in [-0.4, -0.2) is 73.4 Å². The summed E-state index contributed by atoms with van der Waals surface area (Å²) in [6, 6.07) is 7.70. The van der Waals surface area contributed by atoms with E-state index in [0.29, 0.717) is 39.7 Å². The van der Waals surface area contributed by atoms with Crippen molar-refractivity contribution in [2.24, 2.45) is 16.8 Å². The molecule has 46 heavy (non-hydrogen) atoms. The van der Waals surface area contributed by atoms with Crippen LogP contribution in [0.5, 0.6) is 0 Å². The summed E-state index contributed by atoms with van der Waals surface area (Å²) in [4.78, 5) is 45.1. The largest absolute Gasteiger partial charge is 0.335 e. The third-order valence-electron chi connectivity index (χ3n) is 10.9. The second-order valence-electron chi connectivity index (χ2n) is 14.3. The van der Waals surface area contributed by atoms with E-state index in [4.69, 9.17) is 28.2 Å². The number of hydrogen-bond acceptors (Lipinski definition) is 7. The molecule has 0 radical (unpaired) electrons. The molecule has 242 valence electrons. The number of piperazine rings is 1. The molecule has 1 N–H and O–H groups in total. The quantitative estimate of drug-likeness (QED) is 0.384. The Hall–Kier alpha value is -2.66. The number of nitrogens with one attached hydrogen (secondary N) is 1. The maximum atomic E-state index is 15.0. The van der Waals surface area contributed by atoms with Crippen molar-refractivity contribution >= 4 is 51.9 Å². The third-order valence-corrected chi connectivity index (χ3v) is 12.4. The summed E-state index contributed by atoms with van der Waals surface area (Å²) in [5.41, 5.74) is 1.53. The van der Waals surface area contributed by atoms with Gasteiger partial charge in [0.2, 0.25) is 5.91 Å². The van der Waals surface area contributed by atoms with Crippen LogP contribution in [0.15, 0.2) is 52.1 Å². The number of halogens is 3. The number of aromatic nitrogens is 1. The molecule has 4 aliphatic heterocycles. The number of rotatable bonds is 5. The van der Waals surface area contributed by atoms with Gasteiger partial charge in [-0.15, -0.1) is 0 Å². The van der Waals surface area contributed by atoms with Crippen molar-refractivity contribution in [1.82, 2.24) is 25.0 Å². The number of nitrogens with zero attached hydrogens (tertiary/aromatic N) is 5. The summed E-state index contributed by atoms with van der Waals surface area (Å²) >= 11 is 13.6. The van der Waals surface area contributed by atoms with E-state index in [0.717, 1.165) is 37.1 Å². The molecule has 2 amide bonds. The number of pyridine rings is 1. The van der Waals surface area contributed by atoms with Gasteiger partial charge in [-0.25, -0.2) is 14.4 Å². The molecule has 6 atom stereocenters. The number of aliphatic imine (C=N–C) groups is 1. The molecule has 1 aromatic heterocycles. The summed E-state index contributed by atoms with van der Waals surface area (Å²) in [5.74, 6) is -0.238. The summed E-state index contributed by atoms with van der Waals surface area (Å²) in [6.07, 6.45) is 5.53. The molecule has 2 saturated heterocycles. The van der Waals surface area contributed by atoms with Crippen LogP contribution in [-0.2, 0) is 15.1 Å². The number of allylic oxidation sites excluding steroid dienone is 1. The van der Waals surface area contributed by atoms with Crippen molar-refractivity contribution in [2.75, 3.05) is 13.1 Å². The summed E-state index contributed by atoms with van der Waals surface area (Å²) in [7, 11) is 0. The SMILES string of the molecule is CC(C)C1=C(C(=O)N2[C@@H]3C[C@@H]3C[C@H]2C(=O)N2CC3(CC3)NC[C@@H]2C)SC2=N[C@@](C)(c3ccc(Cl)nc3)[C@@H](c3ccc(Cl)c(F)c3)N21. The van der Waals surface area contributed by atoms with Gasteiger partial charge in [0.15, 0.2) is 5.17 Å². The maximum Gasteiger partial charge on any atom is 0.263 e. The molecule has 4 fully saturated rings. The highest BCUT2D eigenvalue weighted by Gasteiger charge is 2.60. The van der Waals surface area contributed by atoms with E-state index in [9.17, 15) is 9.59 Å². The van der Waals surface area contributed by atoms with E-state index >= 15 is 4.39 Å². The van der Waals surface area contributed by atoms with Crippen molar-refractivity contribution in [2.45, 2.75) is 88.6 Å². The number of likely N-dealkylation sites (tertiary alicyclic amines) is 1. The monoisotopic (exact) mass is 682 g/mol. The van der Waals surface area contributed by atoms with E-state index in [1.54, 1.807) is 18.3 Å². The Morgan fingerprint density at radius 3 is 2.61 bits per heavy atom. The van der Waals surface area contributed by atoms with E-state index < -0.39 is 23.4 Å². The number of thioether (sulfide) groups is 1. The minimum absolute atomic E-state index is 0.0409. The molecule has 0 bridgehead atoms. The lowest BCUT2D eigenvalue weighted by Gasteiger charge is -2.42. The van der Waals surface area contributed by atoms with E-state index in [2.05, 4.69) is 36.0 Å². The molecule has 1 aromatic carbocycles. The molecule has 0 unspecified atom stereocenters. The molecular formula is C34H37Cl2FN6O2S. The van der Waals surface area contributed by atoms with Gasteiger partial charge in [-0.1, -0.05) is 49.2 Å². The fraction of sp³-hybridized carbons (Fsp3) is 0.529. The predicted octanol–water partition coefficient (Wildman–Crippen LogP) is 6.11. The van der Waals surface area contributed by atoms with Crippen LogP contribution in [0.2, 0.25) is 10.2 Å². The topological polar surface area (TPSA) is 81.1 Å². The maximum absolute atomic E-state index is 15.0. The number of fused-ring (bicyclic) bond motifs is 2. The number of amides is 2. The first-order valence-electron chi connectivity index (χ1n) is 16.2. The molecule has 2 saturated carbocycles. The first-order chi connectivity index (χ1) is 21.9. The number of carbonyl (C=O) groups excluding carboxylic acids is 2. The van der Waals surface area contributed by atoms with Gasteiger partial charge in [0.1, 0.15) is 27.5 Å². The van der Waals surface area contributed by atoms with E-state index in [1.165, 1.54) is 17.8 Å². The van der Waals surface area contributed by atoms with E-state index in [1.807, 2.05) is 28.9 Å². The fourth-order valence-corrected chi connectivity index (χ4v) is 9.64. The number of amidine groups is 1. The van der Waals surface area contributed by atoms with Gasteiger partial charge in [-0.3, -0.25) is 9.59 Å². The van der Waals surface area contributed by atoms with Crippen LogP contribution in [0.4, 0.5) is 4.39 Å². The van der Waals surface area contributed by atoms with Crippen LogP contribution in [0.25, 0.3) is 0 Å². The fourth-order valence-electron chi connectivity index (χ4n) is 8.06. The van der Waals surface area contributed by atoms with Gasteiger partial charge in [0, 0.05) is 48.2 Å². The Kier molecular flexibility index (Phi) is 7.11. The van der Waals surface area contributed by atoms with Gasteiger partial charge < -0.3 is 20.0 Å². The zero-order valence-electron chi connectivity index (χ0n) is 26.3. The second-order valence-corrected chi connectivity index (χ2v) is 16.1. The summed E-state index contributed by atoms with van der Waals surface area (Å²) in [5, 5.41) is 4.71. The van der Waals surface area contributed by atoms with Gasteiger partial charge in [0.05, 0.1) is 11.1 Å². The van der Waals surface area contributed by atoms with E-state index in [-0.39, 0.29) is 40.4 Å². The molecule has 8 nitrogen and oxygen atoms in total. The number of carbonyl (C=O) groups is 2. The minimum Gasteiger partial charge on any atom is -0.335 e. The standard InChI is InChI=1S/C34H37Cl2FN6O2S/c1-17(2)27-28(31(45)42-24-12-20(24)13-25(42)30(44)41-16-34(9-10-34)39-14-18(41)3)46-32-40-33(4,21-6-8-26(36)38-15-21)29(43(27)32)19-5-7-22(35)23(37)11-19/h5-8,11,15,17-18,20,24-25,29,39H,9-10,12-14,16H2,1-4H3/t18-,20+,24+,25-,29+,33-/m0/s1. The Bertz CT molecular complexity index is 1710. The zero-order chi connectivity index (χ0) is 32.3. The van der Waals surface area contributed by atoms with Crippen molar-refractivity contribution < 1.29 is 14.0 Å². The highest BCUT2D eigenvalue weighted by Crippen LogP contribution is 2.58. The lowest BCUT2D eigenvalue weighted by atomic mass is 9.81. The van der Waals surface area contributed by atoms with Crippen LogP contribution in [0, 0.1) is 17.7 Å². The molecule has 2 aliphatic carbocycles. The van der Waals surface area contributed by atoms with Crippen molar-refractivity contribution in [1.29, 1.82) is 0 Å². The molecule has 1 spiro atoms. The van der Waals surface area contributed by atoms with Gasteiger partial charge in [0.25, 0.3) is 5.91 Å². The summed E-state index contributed by atoms with van der Waals surface area (Å²) in [6.45, 7) is 9.71. The first kappa shape index (κ1) is 30.7. The Labute approximate surface area is 282 Å². The summed E-state index contributed by atoms with van der Waals surface area (Å²) < 4.78 is 15.0. The smallest absolute Gasteiger partial charge is 0.263 e. The molecule has 2 aromatic rings. The van der Waals surface area contributed by atoms with Gasteiger partial charge >= 0.3 is 0 Å². The van der Waals surface area contributed by atoms with Gasteiger partial charge in [-0.05, 0) is 86.9 Å². The lowest BCUT2D eigenvalue weighted by molar-refractivity contribution is -0.145. The average Bonchev–Trinajstić information content (AvgIpc) is 3.86. The Balaban J connectivity index is 1.17. The van der Waals surface area contributed by atoms with Crippen LogP contribution >= 0.6 is 35.0 Å². The second kappa shape index (κ2) is 10.7.